The minimum Gasteiger partial charge on any atom is -0.345 e. The molecule has 0 aliphatic heterocycles. The Kier molecular flexibility index (Phi) is 5.69. The van der Waals surface area contributed by atoms with Gasteiger partial charge >= 0.3 is 0 Å². The van der Waals surface area contributed by atoms with Gasteiger partial charge in [0.2, 0.25) is 0 Å². The second kappa shape index (κ2) is 7.41. The van der Waals surface area contributed by atoms with Crippen molar-refractivity contribution in [2.24, 2.45) is 5.73 Å². The number of benzene rings is 1. The van der Waals surface area contributed by atoms with E-state index in [-0.39, 0.29) is 16.4 Å². The van der Waals surface area contributed by atoms with Crippen molar-refractivity contribution in [3.8, 4) is 0 Å². The molecule has 2 aromatic rings. The topological polar surface area (TPSA) is 94.2 Å². The third-order valence-corrected chi connectivity index (χ3v) is 6.30. The highest BCUT2D eigenvalue weighted by Crippen LogP contribution is 2.18. The maximum absolute atomic E-state index is 12.6. The molecule has 1 aromatic carbocycles. The molecule has 0 saturated heterocycles. The lowest BCUT2D eigenvalue weighted by molar-refractivity contribution is 0.0895. The average Bonchev–Trinajstić information content (AvgIpc) is 3.11. The van der Waals surface area contributed by atoms with Crippen molar-refractivity contribution in [2.45, 2.75) is 44.0 Å². The van der Waals surface area contributed by atoms with Gasteiger partial charge in [0.1, 0.15) is 0 Å². The number of nitrogens with zero attached hydrogens (tertiary/aromatic N) is 1. The van der Waals surface area contributed by atoms with E-state index in [0.29, 0.717) is 19.4 Å². The van der Waals surface area contributed by atoms with E-state index in [0.717, 1.165) is 9.54 Å². The summed E-state index contributed by atoms with van der Waals surface area (Å²) in [6, 6.07) is 8.08. The molecule has 0 aliphatic rings. The minimum atomic E-state index is -3.72. The van der Waals surface area contributed by atoms with Crippen LogP contribution in [0.2, 0.25) is 0 Å². The predicted molar refractivity (Wildman–Crippen MR) is 98.0 cm³/mol. The van der Waals surface area contributed by atoms with Crippen LogP contribution in [0.25, 0.3) is 0 Å². The van der Waals surface area contributed by atoms with E-state index >= 15 is 0 Å². The van der Waals surface area contributed by atoms with E-state index in [1.54, 1.807) is 24.3 Å². The molecule has 0 bridgehead atoms. The van der Waals surface area contributed by atoms with E-state index in [4.69, 9.17) is 5.73 Å². The number of hydrogen-bond donors (Lipinski definition) is 2. The van der Waals surface area contributed by atoms with Gasteiger partial charge in [0, 0.05) is 18.9 Å². The smallest absolute Gasteiger partial charge is 0.267 e. The molecule has 1 amide bonds. The number of amides is 1. The van der Waals surface area contributed by atoms with Gasteiger partial charge in [0.05, 0.1) is 16.0 Å². The number of nitrogens with one attached hydrogen (secondary N) is 1. The highest BCUT2D eigenvalue weighted by molar-refractivity contribution is 7.90. The van der Waals surface area contributed by atoms with Crippen LogP contribution in [0.4, 0.5) is 0 Å². The molecule has 2 rings (SSSR count). The van der Waals surface area contributed by atoms with E-state index in [1.807, 2.05) is 20.8 Å². The fourth-order valence-corrected chi connectivity index (χ4v) is 3.77. The van der Waals surface area contributed by atoms with Gasteiger partial charge in [-0.05, 0) is 38.0 Å². The lowest BCUT2D eigenvalue weighted by Gasteiger charge is -2.31. The van der Waals surface area contributed by atoms with Crippen LogP contribution in [0, 0.1) is 6.92 Å². The van der Waals surface area contributed by atoms with Crippen LogP contribution < -0.4 is 11.1 Å². The molecule has 7 heteroatoms. The first-order chi connectivity index (χ1) is 11.8. The summed E-state index contributed by atoms with van der Waals surface area (Å²) in [7, 11) is -3.72. The number of nitrogens with two attached hydrogens (primary N) is 1. The maximum Gasteiger partial charge on any atom is 0.267 e. The first-order valence-electron chi connectivity index (χ1n) is 8.31. The molecule has 0 radical (unpaired) electrons. The van der Waals surface area contributed by atoms with Gasteiger partial charge in [-0.25, -0.2) is 12.4 Å². The summed E-state index contributed by atoms with van der Waals surface area (Å²) >= 11 is 0. The Bertz CT molecular complexity index is 826. The molecule has 1 aromatic heterocycles. The highest BCUT2D eigenvalue weighted by atomic mass is 32.2. The summed E-state index contributed by atoms with van der Waals surface area (Å²) in [6.45, 7) is 6.14. The lowest BCUT2D eigenvalue weighted by Crippen LogP contribution is -2.52. The Hall–Kier alpha value is -2.12. The third kappa shape index (κ3) is 3.93. The van der Waals surface area contributed by atoms with Gasteiger partial charge in [-0.2, -0.15) is 0 Å². The SMILES string of the molecule is CCC(CC)(CN)NC(=O)c1ccn(S(=O)(=O)c2ccc(C)cc2)c1. The van der Waals surface area contributed by atoms with Gasteiger partial charge in [0.25, 0.3) is 15.9 Å². The molecule has 0 fully saturated rings. The van der Waals surface area contributed by atoms with Crippen molar-refractivity contribution in [3.05, 3.63) is 53.9 Å². The summed E-state index contributed by atoms with van der Waals surface area (Å²) < 4.78 is 26.4. The van der Waals surface area contributed by atoms with E-state index < -0.39 is 15.6 Å². The first kappa shape index (κ1) is 19.2. The molecule has 6 nitrogen and oxygen atoms in total. The molecule has 3 N–H and O–H groups in total. The highest BCUT2D eigenvalue weighted by Gasteiger charge is 2.27. The maximum atomic E-state index is 12.6. The fourth-order valence-electron chi connectivity index (χ4n) is 2.57. The zero-order valence-electron chi connectivity index (χ0n) is 14.8. The average molecular weight is 363 g/mol. The molecule has 136 valence electrons. The molecule has 0 atom stereocenters. The normalized spacial score (nSPS) is 12.2. The van der Waals surface area contributed by atoms with Crippen molar-refractivity contribution in [1.29, 1.82) is 0 Å². The Morgan fingerprint density at radius 1 is 1.16 bits per heavy atom. The number of rotatable bonds is 7. The van der Waals surface area contributed by atoms with Crippen molar-refractivity contribution < 1.29 is 13.2 Å². The van der Waals surface area contributed by atoms with Crippen LogP contribution in [0.3, 0.4) is 0 Å². The number of aromatic nitrogens is 1. The van der Waals surface area contributed by atoms with Gasteiger partial charge in [-0.1, -0.05) is 31.5 Å². The quantitative estimate of drug-likeness (QED) is 0.789. The monoisotopic (exact) mass is 363 g/mol. The van der Waals surface area contributed by atoms with Crippen molar-refractivity contribution >= 4 is 15.9 Å². The van der Waals surface area contributed by atoms with Gasteiger partial charge in [-0.3, -0.25) is 4.79 Å². The van der Waals surface area contributed by atoms with E-state index in [9.17, 15) is 13.2 Å². The van der Waals surface area contributed by atoms with Crippen molar-refractivity contribution in [3.63, 3.8) is 0 Å². The van der Waals surface area contributed by atoms with E-state index in [1.165, 1.54) is 18.5 Å². The minimum absolute atomic E-state index is 0.180. The summed E-state index contributed by atoms with van der Waals surface area (Å²) in [5, 5.41) is 2.94. The zero-order valence-corrected chi connectivity index (χ0v) is 15.6. The van der Waals surface area contributed by atoms with Crippen LogP contribution >= 0.6 is 0 Å². The summed E-state index contributed by atoms with van der Waals surface area (Å²) in [5.41, 5.74) is 6.59. The summed E-state index contributed by atoms with van der Waals surface area (Å²) in [6.07, 6.45) is 4.12. The summed E-state index contributed by atoms with van der Waals surface area (Å²) in [5.74, 6) is -0.327. The van der Waals surface area contributed by atoms with Gasteiger partial charge in [0.15, 0.2) is 0 Å². The van der Waals surface area contributed by atoms with Gasteiger partial charge in [-0.15, -0.1) is 0 Å². The Morgan fingerprint density at radius 2 is 1.76 bits per heavy atom. The zero-order chi connectivity index (χ0) is 18.7. The second-order valence-corrected chi connectivity index (χ2v) is 8.04. The fraction of sp³-hybridized carbons (Fsp3) is 0.389. The van der Waals surface area contributed by atoms with Crippen LogP contribution in [0.1, 0.15) is 42.6 Å². The van der Waals surface area contributed by atoms with Crippen molar-refractivity contribution in [1.82, 2.24) is 9.29 Å². The molecule has 0 spiro atoms. The Morgan fingerprint density at radius 3 is 2.28 bits per heavy atom. The third-order valence-electron chi connectivity index (χ3n) is 4.65. The molecule has 0 saturated carbocycles. The Labute approximate surface area is 149 Å². The van der Waals surface area contributed by atoms with Crippen LogP contribution in [-0.2, 0) is 10.0 Å². The predicted octanol–water partition coefficient (Wildman–Crippen LogP) is 2.28. The number of aryl methyl sites for hydroxylation is 1. The molecule has 0 unspecified atom stereocenters. The number of hydrogen-bond acceptors (Lipinski definition) is 4. The summed E-state index contributed by atoms with van der Waals surface area (Å²) in [4.78, 5) is 12.7. The molecule has 1 heterocycles. The lowest BCUT2D eigenvalue weighted by atomic mass is 9.92. The molecular formula is C18H25N3O3S. The number of carbonyl (C=O) groups is 1. The van der Waals surface area contributed by atoms with Crippen LogP contribution in [0.5, 0.6) is 0 Å². The standard InChI is InChI=1S/C18H25N3O3S/c1-4-18(5-2,13-19)20-17(22)15-10-11-21(12-15)25(23,24)16-8-6-14(3)7-9-16/h6-12H,4-5,13,19H2,1-3H3,(H,20,22). The van der Waals surface area contributed by atoms with E-state index in [2.05, 4.69) is 5.32 Å². The van der Waals surface area contributed by atoms with Crippen molar-refractivity contribution in [2.75, 3.05) is 6.54 Å². The molecular weight excluding hydrogens is 338 g/mol. The molecule has 0 aliphatic carbocycles. The van der Waals surface area contributed by atoms with Gasteiger partial charge < -0.3 is 11.1 Å². The Balaban J connectivity index is 2.27. The largest absolute Gasteiger partial charge is 0.345 e. The van der Waals surface area contributed by atoms with Crippen LogP contribution in [0.15, 0.2) is 47.6 Å². The molecule has 25 heavy (non-hydrogen) atoms. The van der Waals surface area contributed by atoms with Crippen LogP contribution in [-0.4, -0.2) is 30.4 Å². The second-order valence-electron chi connectivity index (χ2n) is 6.19. The first-order valence-corrected chi connectivity index (χ1v) is 9.75. The number of carbonyl (C=O) groups excluding carboxylic acids is 1.